The van der Waals surface area contributed by atoms with Crippen molar-refractivity contribution in [3.8, 4) is 0 Å². The number of hydrogen-bond donors (Lipinski definition) is 0. The van der Waals surface area contributed by atoms with E-state index in [0.717, 1.165) is 12.1 Å². The van der Waals surface area contributed by atoms with Crippen LogP contribution in [0.3, 0.4) is 0 Å². The topological polar surface area (TPSA) is 36.7 Å². The molecule has 3 heterocycles. The highest BCUT2D eigenvalue weighted by molar-refractivity contribution is 6.29. The Balaban J connectivity index is 1.56. The van der Waals surface area contributed by atoms with Gasteiger partial charge in [-0.1, -0.05) is 12.1 Å². The van der Waals surface area contributed by atoms with Crippen LogP contribution in [0.15, 0.2) is 40.8 Å². The van der Waals surface area contributed by atoms with E-state index in [9.17, 15) is 9.18 Å². The summed E-state index contributed by atoms with van der Waals surface area (Å²) < 4.78 is 18.9. The minimum absolute atomic E-state index is 0.128. The van der Waals surface area contributed by atoms with Gasteiger partial charge >= 0.3 is 0 Å². The Bertz CT molecular complexity index is 778. The van der Waals surface area contributed by atoms with E-state index >= 15 is 0 Å². The Kier molecular flexibility index (Phi) is 3.85. The molecule has 1 aromatic heterocycles. The fraction of sp³-hybridized carbons (Fsp3) is 0.389. The maximum Gasteiger partial charge on any atom is 0.289 e. The van der Waals surface area contributed by atoms with E-state index in [0.29, 0.717) is 24.9 Å². The Hall–Kier alpha value is -1.85. The van der Waals surface area contributed by atoms with Gasteiger partial charge in [-0.3, -0.25) is 9.69 Å². The molecule has 1 amide bonds. The van der Waals surface area contributed by atoms with E-state index < -0.39 is 0 Å². The van der Waals surface area contributed by atoms with Gasteiger partial charge in [0.15, 0.2) is 11.0 Å². The van der Waals surface area contributed by atoms with Crippen molar-refractivity contribution in [2.24, 2.45) is 11.8 Å². The maximum atomic E-state index is 13.6. The van der Waals surface area contributed by atoms with Crippen LogP contribution in [0.25, 0.3) is 0 Å². The summed E-state index contributed by atoms with van der Waals surface area (Å²) in [5.41, 5.74) is 0.973. The lowest BCUT2D eigenvalue weighted by atomic mass is 9.89. The summed E-state index contributed by atoms with van der Waals surface area (Å²) in [5, 5.41) is 0.218. The molecule has 0 unspecified atom stereocenters. The molecular formula is C18H18ClFN2O2. The smallest absolute Gasteiger partial charge is 0.289 e. The first-order valence-corrected chi connectivity index (χ1v) is 8.41. The van der Waals surface area contributed by atoms with Crippen LogP contribution < -0.4 is 0 Å². The number of hydrogen-bond acceptors (Lipinski definition) is 3. The molecule has 0 spiro atoms. The van der Waals surface area contributed by atoms with Gasteiger partial charge in [-0.15, -0.1) is 0 Å². The van der Waals surface area contributed by atoms with Crippen LogP contribution in [0, 0.1) is 17.7 Å². The molecule has 2 aromatic rings. The lowest BCUT2D eigenvalue weighted by Crippen LogP contribution is -2.33. The summed E-state index contributed by atoms with van der Waals surface area (Å²) in [6, 6.07) is 10.1. The van der Waals surface area contributed by atoms with Crippen molar-refractivity contribution < 1.29 is 13.6 Å². The summed E-state index contributed by atoms with van der Waals surface area (Å²) in [4.78, 5) is 16.7. The molecule has 2 saturated heterocycles. The van der Waals surface area contributed by atoms with Gasteiger partial charge < -0.3 is 9.32 Å². The zero-order chi connectivity index (χ0) is 16.8. The maximum absolute atomic E-state index is 13.6. The standard InChI is InChI=1S/C18H18ClFN2O2/c1-21-8-12-9-22(18(23)15-5-6-16(19)24-15)10-14(12)17(21)11-3-2-4-13(20)7-11/h2-7,12,14,17H,8-10H2,1H3/t12-,14+,17-/m0/s1. The van der Waals surface area contributed by atoms with Gasteiger partial charge in [0.05, 0.1) is 0 Å². The van der Waals surface area contributed by atoms with Gasteiger partial charge in [0, 0.05) is 31.6 Å². The Morgan fingerprint density at radius 3 is 2.79 bits per heavy atom. The molecule has 3 atom stereocenters. The van der Waals surface area contributed by atoms with Gasteiger partial charge in [-0.2, -0.15) is 0 Å². The number of nitrogens with zero attached hydrogens (tertiary/aromatic N) is 2. The highest BCUT2D eigenvalue weighted by Gasteiger charge is 2.47. The highest BCUT2D eigenvalue weighted by atomic mass is 35.5. The molecule has 4 rings (SSSR count). The van der Waals surface area contributed by atoms with Crippen molar-refractivity contribution in [2.75, 3.05) is 26.7 Å². The van der Waals surface area contributed by atoms with Crippen LogP contribution in [-0.4, -0.2) is 42.4 Å². The molecule has 0 N–H and O–H groups in total. The molecular weight excluding hydrogens is 331 g/mol. The van der Waals surface area contributed by atoms with Gasteiger partial charge in [0.1, 0.15) is 5.82 Å². The van der Waals surface area contributed by atoms with Crippen molar-refractivity contribution in [3.63, 3.8) is 0 Å². The fourth-order valence-corrected chi connectivity index (χ4v) is 4.35. The number of halogens is 2. The summed E-state index contributed by atoms with van der Waals surface area (Å²) in [6.07, 6.45) is 0. The Morgan fingerprint density at radius 1 is 1.25 bits per heavy atom. The molecule has 24 heavy (non-hydrogen) atoms. The number of rotatable bonds is 2. The lowest BCUT2D eigenvalue weighted by molar-refractivity contribution is 0.0736. The molecule has 0 radical (unpaired) electrons. The largest absolute Gasteiger partial charge is 0.440 e. The van der Waals surface area contributed by atoms with Gasteiger partial charge in [0.25, 0.3) is 5.91 Å². The molecule has 2 aliphatic heterocycles. The summed E-state index contributed by atoms with van der Waals surface area (Å²) in [6.45, 7) is 2.24. The SMILES string of the molecule is CN1C[C@H]2CN(C(=O)c3ccc(Cl)o3)C[C@H]2[C@@H]1c1cccc(F)c1. The molecule has 126 valence electrons. The molecule has 1 aromatic carbocycles. The zero-order valence-electron chi connectivity index (χ0n) is 13.3. The number of furan rings is 1. The van der Waals surface area contributed by atoms with Crippen molar-refractivity contribution in [1.82, 2.24) is 9.80 Å². The third kappa shape index (κ3) is 2.62. The minimum Gasteiger partial charge on any atom is -0.440 e. The molecule has 0 saturated carbocycles. The predicted octanol–water partition coefficient (Wildman–Crippen LogP) is 3.45. The Labute approximate surface area is 144 Å². The monoisotopic (exact) mass is 348 g/mol. The number of likely N-dealkylation sites (tertiary alicyclic amines) is 2. The van der Waals surface area contributed by atoms with E-state index in [2.05, 4.69) is 11.9 Å². The van der Waals surface area contributed by atoms with Gasteiger partial charge in [0.2, 0.25) is 0 Å². The van der Waals surface area contributed by atoms with Crippen LogP contribution in [0.2, 0.25) is 5.22 Å². The van der Waals surface area contributed by atoms with Gasteiger partial charge in [-0.25, -0.2) is 4.39 Å². The lowest BCUT2D eigenvalue weighted by Gasteiger charge is -2.26. The number of fused-ring (bicyclic) bond motifs is 1. The normalized spacial score (nSPS) is 26.8. The second kappa shape index (κ2) is 5.90. The van der Waals surface area contributed by atoms with E-state index in [-0.39, 0.29) is 28.7 Å². The molecule has 2 fully saturated rings. The third-order valence-corrected chi connectivity index (χ3v) is 5.36. The predicted molar refractivity (Wildman–Crippen MR) is 88.4 cm³/mol. The number of carbonyl (C=O) groups is 1. The summed E-state index contributed by atoms with van der Waals surface area (Å²) in [5.74, 6) is 0.608. The van der Waals surface area contributed by atoms with Crippen LogP contribution in [-0.2, 0) is 0 Å². The second-order valence-electron chi connectivity index (χ2n) is 6.68. The summed E-state index contributed by atoms with van der Waals surface area (Å²) >= 11 is 5.76. The van der Waals surface area contributed by atoms with Crippen LogP contribution in [0.1, 0.15) is 22.2 Å². The van der Waals surface area contributed by atoms with E-state index in [1.165, 1.54) is 6.07 Å². The second-order valence-corrected chi connectivity index (χ2v) is 7.05. The number of benzene rings is 1. The molecule has 2 aliphatic rings. The quantitative estimate of drug-likeness (QED) is 0.834. The average Bonchev–Trinajstić information content (AvgIpc) is 3.20. The fourth-order valence-electron chi connectivity index (χ4n) is 4.20. The summed E-state index contributed by atoms with van der Waals surface area (Å²) in [7, 11) is 2.06. The number of carbonyl (C=O) groups excluding carboxylic acids is 1. The average molecular weight is 349 g/mol. The number of amides is 1. The minimum atomic E-state index is -0.222. The van der Waals surface area contributed by atoms with Crippen LogP contribution in [0.4, 0.5) is 4.39 Å². The first-order valence-electron chi connectivity index (χ1n) is 8.03. The van der Waals surface area contributed by atoms with E-state index in [4.69, 9.17) is 16.0 Å². The molecule has 4 nitrogen and oxygen atoms in total. The highest BCUT2D eigenvalue weighted by Crippen LogP contribution is 2.44. The van der Waals surface area contributed by atoms with Crippen molar-refractivity contribution in [1.29, 1.82) is 0 Å². The third-order valence-electron chi connectivity index (χ3n) is 5.16. The van der Waals surface area contributed by atoms with Crippen LogP contribution in [0.5, 0.6) is 0 Å². The first-order chi connectivity index (χ1) is 11.5. The van der Waals surface area contributed by atoms with E-state index in [1.54, 1.807) is 24.3 Å². The molecule has 6 heteroatoms. The van der Waals surface area contributed by atoms with Crippen molar-refractivity contribution in [2.45, 2.75) is 6.04 Å². The van der Waals surface area contributed by atoms with Gasteiger partial charge in [-0.05, 0) is 54.4 Å². The first kappa shape index (κ1) is 15.7. The zero-order valence-corrected chi connectivity index (χ0v) is 14.0. The van der Waals surface area contributed by atoms with Crippen molar-refractivity contribution in [3.05, 3.63) is 58.8 Å². The molecule has 0 aliphatic carbocycles. The molecule has 0 bridgehead atoms. The van der Waals surface area contributed by atoms with E-state index in [1.807, 2.05) is 11.0 Å². The van der Waals surface area contributed by atoms with Crippen LogP contribution >= 0.6 is 11.6 Å². The van der Waals surface area contributed by atoms with Crippen molar-refractivity contribution >= 4 is 17.5 Å². The Morgan fingerprint density at radius 2 is 2.08 bits per heavy atom.